The Balaban J connectivity index is 2.16. The van der Waals surface area contributed by atoms with Crippen LogP contribution in [0.1, 0.15) is 19.8 Å². The van der Waals surface area contributed by atoms with Crippen molar-refractivity contribution in [3.05, 3.63) is 23.6 Å². The first kappa shape index (κ1) is 10.7. The highest BCUT2D eigenvalue weighted by atomic mass is 32.2. The lowest BCUT2D eigenvalue weighted by atomic mass is 9.96. The van der Waals surface area contributed by atoms with Crippen LogP contribution in [-0.2, 0) is 0 Å². The van der Waals surface area contributed by atoms with Crippen molar-refractivity contribution in [3.63, 3.8) is 0 Å². The third kappa shape index (κ3) is 2.09. The molecule has 0 aromatic heterocycles. The van der Waals surface area contributed by atoms with Crippen LogP contribution in [0, 0.1) is 0 Å². The van der Waals surface area contributed by atoms with E-state index in [-0.39, 0.29) is 17.9 Å². The minimum atomic E-state index is -0.0917. The van der Waals surface area contributed by atoms with Crippen molar-refractivity contribution in [1.29, 1.82) is 0 Å². The van der Waals surface area contributed by atoms with Crippen molar-refractivity contribution < 1.29 is 4.39 Å². The molecule has 0 bridgehead atoms. The summed E-state index contributed by atoms with van der Waals surface area (Å²) < 4.78 is 13.6. The highest BCUT2D eigenvalue weighted by Crippen LogP contribution is 2.28. The molecule has 2 atom stereocenters. The first-order chi connectivity index (χ1) is 7.24. The molecular formula is C11H15FN2S. The van der Waals surface area contributed by atoms with E-state index in [0.717, 1.165) is 23.6 Å². The molecule has 0 aromatic rings. The molecule has 82 valence electrons. The van der Waals surface area contributed by atoms with Crippen molar-refractivity contribution in [2.45, 2.75) is 31.8 Å². The number of hydrogen-bond donors (Lipinski definition) is 1. The molecule has 0 aromatic carbocycles. The van der Waals surface area contributed by atoms with Gasteiger partial charge in [-0.1, -0.05) is 31.2 Å². The SMILES string of the molecule is CCCC1=CC2NC(SC)=NC2C=C1F. The van der Waals surface area contributed by atoms with Gasteiger partial charge in [0.15, 0.2) is 5.17 Å². The highest BCUT2D eigenvalue weighted by molar-refractivity contribution is 8.13. The quantitative estimate of drug-likeness (QED) is 0.782. The molecule has 0 saturated heterocycles. The lowest BCUT2D eigenvalue weighted by Crippen LogP contribution is -2.33. The number of thioether (sulfide) groups is 1. The second-order valence-corrected chi connectivity index (χ2v) is 4.55. The Bertz CT molecular complexity index is 346. The highest BCUT2D eigenvalue weighted by Gasteiger charge is 2.29. The van der Waals surface area contributed by atoms with Crippen molar-refractivity contribution >= 4 is 16.9 Å². The first-order valence-corrected chi connectivity index (χ1v) is 6.43. The van der Waals surface area contributed by atoms with Gasteiger partial charge in [-0.05, 0) is 24.3 Å². The van der Waals surface area contributed by atoms with Gasteiger partial charge in [-0.15, -0.1) is 0 Å². The standard InChI is InChI=1S/C11H15FN2S/c1-3-4-7-5-9-10(6-8(7)12)14-11(13-9)15-2/h5-6,9-10H,3-4H2,1-2H3,(H,13,14). The normalized spacial score (nSPS) is 28.9. The summed E-state index contributed by atoms with van der Waals surface area (Å²) in [6, 6.07) is 0.113. The number of allylic oxidation sites excluding steroid dienone is 2. The Labute approximate surface area is 93.7 Å². The molecule has 2 aliphatic rings. The molecule has 2 nitrogen and oxygen atoms in total. The fraction of sp³-hybridized carbons (Fsp3) is 0.545. The summed E-state index contributed by atoms with van der Waals surface area (Å²) in [6.07, 6.45) is 7.37. The van der Waals surface area contributed by atoms with Gasteiger partial charge in [0.25, 0.3) is 0 Å². The zero-order valence-corrected chi connectivity index (χ0v) is 9.77. The van der Waals surface area contributed by atoms with Crippen LogP contribution in [0.2, 0.25) is 0 Å². The fourth-order valence-corrected chi connectivity index (χ4v) is 2.38. The predicted molar refractivity (Wildman–Crippen MR) is 63.8 cm³/mol. The monoisotopic (exact) mass is 226 g/mol. The van der Waals surface area contributed by atoms with Crippen LogP contribution >= 0.6 is 11.8 Å². The molecule has 0 spiro atoms. The zero-order valence-electron chi connectivity index (χ0n) is 8.96. The van der Waals surface area contributed by atoms with Crippen molar-refractivity contribution in [3.8, 4) is 0 Å². The van der Waals surface area contributed by atoms with E-state index >= 15 is 0 Å². The molecule has 2 unspecified atom stereocenters. The molecule has 0 radical (unpaired) electrons. The smallest absolute Gasteiger partial charge is 0.157 e. The van der Waals surface area contributed by atoms with Gasteiger partial charge in [-0.2, -0.15) is 0 Å². The molecule has 0 amide bonds. The van der Waals surface area contributed by atoms with Crippen molar-refractivity contribution in [2.24, 2.45) is 4.99 Å². The van der Waals surface area contributed by atoms with Crippen LogP contribution in [0.5, 0.6) is 0 Å². The average Bonchev–Trinajstić information content (AvgIpc) is 2.61. The molecule has 1 aliphatic carbocycles. The van der Waals surface area contributed by atoms with E-state index in [1.807, 2.05) is 12.3 Å². The number of amidine groups is 1. The third-order valence-corrected chi connectivity index (χ3v) is 3.25. The van der Waals surface area contributed by atoms with Gasteiger partial charge in [0.2, 0.25) is 0 Å². The number of hydrogen-bond acceptors (Lipinski definition) is 3. The van der Waals surface area contributed by atoms with Crippen LogP contribution in [0.25, 0.3) is 0 Å². The summed E-state index contributed by atoms with van der Waals surface area (Å²) in [5.41, 5.74) is 0.823. The summed E-state index contributed by atoms with van der Waals surface area (Å²) in [7, 11) is 0. The molecule has 1 aliphatic heterocycles. The van der Waals surface area contributed by atoms with Gasteiger partial charge < -0.3 is 5.32 Å². The Morgan fingerprint density at radius 2 is 2.33 bits per heavy atom. The molecule has 1 N–H and O–H groups in total. The van der Waals surface area contributed by atoms with Gasteiger partial charge in [0.05, 0.1) is 12.1 Å². The molecule has 0 saturated carbocycles. The van der Waals surface area contributed by atoms with Crippen LogP contribution in [0.4, 0.5) is 4.39 Å². The van der Waals surface area contributed by atoms with E-state index in [2.05, 4.69) is 17.2 Å². The van der Waals surface area contributed by atoms with Gasteiger partial charge in [-0.3, -0.25) is 4.99 Å². The number of nitrogens with zero attached hydrogens (tertiary/aromatic N) is 1. The lowest BCUT2D eigenvalue weighted by Gasteiger charge is -2.19. The number of nitrogens with one attached hydrogen (secondary N) is 1. The van der Waals surface area contributed by atoms with Gasteiger partial charge in [0.1, 0.15) is 5.83 Å². The lowest BCUT2D eigenvalue weighted by molar-refractivity contribution is 0.583. The van der Waals surface area contributed by atoms with Gasteiger partial charge in [0, 0.05) is 0 Å². The van der Waals surface area contributed by atoms with E-state index < -0.39 is 0 Å². The maximum absolute atomic E-state index is 13.6. The third-order valence-electron chi connectivity index (χ3n) is 2.64. The predicted octanol–water partition coefficient (Wildman–Crippen LogP) is 2.64. The Hall–Kier alpha value is -0.770. The first-order valence-electron chi connectivity index (χ1n) is 5.21. The van der Waals surface area contributed by atoms with Crippen molar-refractivity contribution in [1.82, 2.24) is 5.32 Å². The molecular weight excluding hydrogens is 211 g/mol. The second-order valence-electron chi connectivity index (χ2n) is 3.76. The maximum atomic E-state index is 13.6. The summed E-state index contributed by atoms with van der Waals surface area (Å²) in [4.78, 5) is 4.38. The van der Waals surface area contributed by atoms with E-state index in [9.17, 15) is 4.39 Å². The zero-order chi connectivity index (χ0) is 10.8. The molecule has 4 heteroatoms. The van der Waals surface area contributed by atoms with E-state index in [1.165, 1.54) is 0 Å². The molecule has 15 heavy (non-hydrogen) atoms. The Kier molecular flexibility index (Phi) is 3.14. The molecule has 2 rings (SSSR count). The van der Waals surface area contributed by atoms with E-state index in [0.29, 0.717) is 0 Å². The van der Waals surface area contributed by atoms with Crippen LogP contribution < -0.4 is 5.32 Å². The maximum Gasteiger partial charge on any atom is 0.157 e. The topological polar surface area (TPSA) is 24.4 Å². The minimum Gasteiger partial charge on any atom is -0.356 e. The van der Waals surface area contributed by atoms with Gasteiger partial charge >= 0.3 is 0 Å². The summed E-state index contributed by atoms with van der Waals surface area (Å²) >= 11 is 1.57. The minimum absolute atomic E-state index is 0.0481. The van der Waals surface area contributed by atoms with Crippen LogP contribution in [-0.4, -0.2) is 23.5 Å². The molecule has 1 heterocycles. The van der Waals surface area contributed by atoms with Gasteiger partial charge in [-0.25, -0.2) is 4.39 Å². The van der Waals surface area contributed by atoms with E-state index in [1.54, 1.807) is 17.8 Å². The van der Waals surface area contributed by atoms with E-state index in [4.69, 9.17) is 0 Å². The summed E-state index contributed by atoms with van der Waals surface area (Å²) in [5, 5.41) is 4.18. The number of rotatable bonds is 2. The summed E-state index contributed by atoms with van der Waals surface area (Å²) in [6.45, 7) is 2.06. The van der Waals surface area contributed by atoms with Crippen molar-refractivity contribution in [2.75, 3.05) is 6.26 Å². The molecule has 0 fully saturated rings. The Morgan fingerprint density at radius 3 is 3.00 bits per heavy atom. The second kappa shape index (κ2) is 4.39. The number of aliphatic imine (C=N–C) groups is 1. The summed E-state index contributed by atoms with van der Waals surface area (Å²) in [5.74, 6) is -0.0917. The fourth-order valence-electron chi connectivity index (χ4n) is 1.90. The Morgan fingerprint density at radius 1 is 1.53 bits per heavy atom. The number of halogens is 1. The van der Waals surface area contributed by atoms with Crippen LogP contribution in [0.3, 0.4) is 0 Å². The van der Waals surface area contributed by atoms with Crippen LogP contribution in [0.15, 0.2) is 28.5 Å². The number of fused-ring (bicyclic) bond motifs is 1. The average molecular weight is 226 g/mol. The largest absolute Gasteiger partial charge is 0.356 e.